The van der Waals surface area contributed by atoms with E-state index >= 15 is 0 Å². The lowest BCUT2D eigenvalue weighted by molar-refractivity contribution is 0.287. The van der Waals surface area contributed by atoms with E-state index in [2.05, 4.69) is 31.7 Å². The first-order valence-electron chi connectivity index (χ1n) is 10.4. The normalized spacial score (nSPS) is 10.6. The molecule has 0 bridgehead atoms. The van der Waals surface area contributed by atoms with Crippen molar-refractivity contribution in [1.82, 2.24) is 15.1 Å². The second-order valence-corrected chi connectivity index (χ2v) is 8.19. The lowest BCUT2D eigenvalue weighted by Gasteiger charge is -2.13. The van der Waals surface area contributed by atoms with Crippen LogP contribution in [0.15, 0.2) is 53.1 Å². The first kappa shape index (κ1) is 24.0. The fourth-order valence-corrected chi connectivity index (χ4v) is 3.68. The minimum Gasteiger partial charge on any atom is -0.490 e. The molecule has 0 atom stereocenters. The predicted molar refractivity (Wildman–Crippen MR) is 132 cm³/mol. The molecule has 3 rings (SSSR count). The summed E-state index contributed by atoms with van der Waals surface area (Å²) >= 11 is 8.91. The van der Waals surface area contributed by atoms with Crippen LogP contribution < -0.4 is 20.1 Å². The summed E-state index contributed by atoms with van der Waals surface area (Å²) in [6.45, 7) is 6.26. The molecule has 2 aromatic carbocycles. The second-order valence-electron chi connectivity index (χ2n) is 6.93. The van der Waals surface area contributed by atoms with Crippen molar-refractivity contribution >= 4 is 39.1 Å². The number of rotatable bonds is 10. The SMILES string of the molecule is CCOc1ccc(CCNC(=S)Nc2nn(Cc3ccc(F)cc3)cc2Br)cc1OCC. The lowest BCUT2D eigenvalue weighted by atomic mass is 10.1. The van der Waals surface area contributed by atoms with Gasteiger partial charge in [0, 0.05) is 12.7 Å². The van der Waals surface area contributed by atoms with Gasteiger partial charge in [0.1, 0.15) is 5.82 Å². The van der Waals surface area contributed by atoms with Crippen LogP contribution in [0, 0.1) is 5.82 Å². The third kappa shape index (κ3) is 6.93. The zero-order chi connectivity index (χ0) is 22.9. The van der Waals surface area contributed by atoms with Crippen LogP contribution >= 0.6 is 28.1 Å². The Balaban J connectivity index is 1.51. The first-order chi connectivity index (χ1) is 15.5. The summed E-state index contributed by atoms with van der Waals surface area (Å²) < 4.78 is 26.9. The van der Waals surface area contributed by atoms with E-state index in [0.717, 1.165) is 33.5 Å². The van der Waals surface area contributed by atoms with Gasteiger partial charge >= 0.3 is 0 Å². The number of halogens is 2. The minimum absolute atomic E-state index is 0.256. The molecule has 0 spiro atoms. The molecule has 1 aromatic heterocycles. The molecule has 3 aromatic rings. The largest absolute Gasteiger partial charge is 0.490 e. The molecule has 0 fully saturated rings. The van der Waals surface area contributed by atoms with Gasteiger partial charge < -0.3 is 20.1 Å². The summed E-state index contributed by atoms with van der Waals surface area (Å²) in [6.07, 6.45) is 2.62. The maximum atomic E-state index is 13.1. The Kier molecular flexibility index (Phi) is 8.87. The second kappa shape index (κ2) is 11.8. The quantitative estimate of drug-likeness (QED) is 0.360. The van der Waals surface area contributed by atoms with Crippen LogP contribution in [-0.4, -0.2) is 34.7 Å². The third-order valence-electron chi connectivity index (χ3n) is 4.51. The number of benzene rings is 2. The zero-order valence-electron chi connectivity index (χ0n) is 18.0. The Bertz CT molecular complexity index is 1040. The van der Waals surface area contributed by atoms with E-state index < -0.39 is 0 Å². The van der Waals surface area contributed by atoms with Crippen molar-refractivity contribution in [2.75, 3.05) is 25.1 Å². The summed E-state index contributed by atoms with van der Waals surface area (Å²) in [5, 5.41) is 11.3. The van der Waals surface area contributed by atoms with Crippen molar-refractivity contribution in [3.63, 3.8) is 0 Å². The average molecular weight is 521 g/mol. The molecule has 0 amide bonds. The molecular formula is C23H26BrFN4O2S. The van der Waals surface area contributed by atoms with Crippen LogP contribution in [0.3, 0.4) is 0 Å². The summed E-state index contributed by atoms with van der Waals surface area (Å²) in [7, 11) is 0. The molecule has 0 aliphatic carbocycles. The minimum atomic E-state index is -0.256. The topological polar surface area (TPSA) is 60.3 Å². The number of ether oxygens (including phenoxy) is 2. The fourth-order valence-electron chi connectivity index (χ4n) is 3.06. The highest BCUT2D eigenvalue weighted by Gasteiger charge is 2.10. The molecule has 0 saturated heterocycles. The summed E-state index contributed by atoms with van der Waals surface area (Å²) in [5.41, 5.74) is 2.08. The molecule has 0 radical (unpaired) electrons. The molecule has 2 N–H and O–H groups in total. The number of nitrogens with one attached hydrogen (secondary N) is 2. The van der Waals surface area contributed by atoms with Gasteiger partial charge in [0.25, 0.3) is 0 Å². The predicted octanol–water partition coefficient (Wildman–Crippen LogP) is 5.16. The summed E-state index contributed by atoms with van der Waals surface area (Å²) in [6, 6.07) is 12.3. The van der Waals surface area contributed by atoms with E-state index in [1.165, 1.54) is 12.1 Å². The van der Waals surface area contributed by atoms with E-state index in [1.54, 1.807) is 16.8 Å². The summed E-state index contributed by atoms with van der Waals surface area (Å²) in [4.78, 5) is 0. The van der Waals surface area contributed by atoms with E-state index in [1.807, 2.05) is 38.2 Å². The maximum absolute atomic E-state index is 13.1. The van der Waals surface area contributed by atoms with Gasteiger partial charge in [-0.1, -0.05) is 18.2 Å². The monoisotopic (exact) mass is 520 g/mol. The van der Waals surface area contributed by atoms with Crippen molar-refractivity contribution in [2.45, 2.75) is 26.8 Å². The van der Waals surface area contributed by atoms with Gasteiger partial charge in [-0.25, -0.2) is 4.39 Å². The van der Waals surface area contributed by atoms with Crippen molar-refractivity contribution in [2.24, 2.45) is 0 Å². The Morgan fingerprint density at radius 3 is 2.47 bits per heavy atom. The Hall–Kier alpha value is -2.65. The molecule has 6 nitrogen and oxygen atoms in total. The molecule has 0 aliphatic rings. The van der Waals surface area contributed by atoms with E-state index in [0.29, 0.717) is 37.2 Å². The van der Waals surface area contributed by atoms with Gasteiger partial charge in [-0.05, 0) is 83.8 Å². The van der Waals surface area contributed by atoms with Gasteiger partial charge in [0.15, 0.2) is 22.4 Å². The van der Waals surface area contributed by atoms with Crippen molar-refractivity contribution in [3.8, 4) is 11.5 Å². The molecular weight excluding hydrogens is 495 g/mol. The van der Waals surface area contributed by atoms with Gasteiger partial charge in [0.2, 0.25) is 0 Å². The average Bonchev–Trinajstić information content (AvgIpc) is 3.10. The van der Waals surface area contributed by atoms with E-state index in [9.17, 15) is 4.39 Å². The van der Waals surface area contributed by atoms with Gasteiger partial charge in [-0.15, -0.1) is 0 Å². The number of nitrogens with zero attached hydrogens (tertiary/aromatic N) is 2. The van der Waals surface area contributed by atoms with E-state index in [-0.39, 0.29) is 5.82 Å². The van der Waals surface area contributed by atoms with Crippen LogP contribution in [-0.2, 0) is 13.0 Å². The Morgan fingerprint density at radius 1 is 1.06 bits per heavy atom. The van der Waals surface area contributed by atoms with Crippen molar-refractivity contribution < 1.29 is 13.9 Å². The molecule has 9 heteroatoms. The maximum Gasteiger partial charge on any atom is 0.172 e. The van der Waals surface area contributed by atoms with Crippen LogP contribution in [0.2, 0.25) is 0 Å². The molecule has 32 heavy (non-hydrogen) atoms. The molecule has 0 unspecified atom stereocenters. The van der Waals surface area contributed by atoms with Gasteiger partial charge in [-0.3, -0.25) is 4.68 Å². The zero-order valence-corrected chi connectivity index (χ0v) is 20.4. The van der Waals surface area contributed by atoms with Crippen LogP contribution in [0.5, 0.6) is 11.5 Å². The van der Waals surface area contributed by atoms with Crippen LogP contribution in [0.4, 0.5) is 10.2 Å². The molecule has 0 aliphatic heterocycles. The molecule has 170 valence electrons. The third-order valence-corrected chi connectivity index (χ3v) is 5.34. The number of anilines is 1. The number of aromatic nitrogens is 2. The standard InChI is InChI=1S/C23H26BrFN4O2S/c1-3-30-20-10-7-16(13-21(20)31-4-2)11-12-26-23(32)27-22-19(24)15-29(28-22)14-17-5-8-18(25)9-6-17/h5-10,13,15H,3-4,11-12,14H2,1-2H3,(H2,26,27,28,32). The molecule has 1 heterocycles. The molecule has 0 saturated carbocycles. The van der Waals surface area contributed by atoms with Crippen LogP contribution in [0.1, 0.15) is 25.0 Å². The smallest absolute Gasteiger partial charge is 0.172 e. The highest BCUT2D eigenvalue weighted by Crippen LogP contribution is 2.28. The highest BCUT2D eigenvalue weighted by atomic mass is 79.9. The lowest BCUT2D eigenvalue weighted by Crippen LogP contribution is -2.30. The highest BCUT2D eigenvalue weighted by molar-refractivity contribution is 9.10. The fraction of sp³-hybridized carbons (Fsp3) is 0.304. The van der Waals surface area contributed by atoms with Crippen molar-refractivity contribution in [1.29, 1.82) is 0 Å². The van der Waals surface area contributed by atoms with E-state index in [4.69, 9.17) is 21.7 Å². The Labute approximate surface area is 201 Å². The van der Waals surface area contributed by atoms with Crippen molar-refractivity contribution in [3.05, 3.63) is 70.1 Å². The number of hydrogen-bond donors (Lipinski definition) is 2. The number of thiocarbonyl (C=S) groups is 1. The summed E-state index contributed by atoms with van der Waals surface area (Å²) in [5.74, 6) is 1.87. The van der Waals surface area contributed by atoms with Gasteiger partial charge in [-0.2, -0.15) is 5.10 Å². The first-order valence-corrected chi connectivity index (χ1v) is 11.6. The van der Waals surface area contributed by atoms with Crippen LogP contribution in [0.25, 0.3) is 0 Å². The Morgan fingerprint density at radius 2 is 1.75 bits per heavy atom. The number of hydrogen-bond acceptors (Lipinski definition) is 4. The van der Waals surface area contributed by atoms with Gasteiger partial charge in [0.05, 0.1) is 24.2 Å².